The molecule has 0 saturated carbocycles. The second-order valence-corrected chi connectivity index (χ2v) is 3.45. The summed E-state index contributed by atoms with van der Waals surface area (Å²) >= 11 is 0. The topological polar surface area (TPSA) is 61.7 Å². The van der Waals surface area contributed by atoms with Gasteiger partial charge in [-0.15, -0.1) is 0 Å². The van der Waals surface area contributed by atoms with Crippen LogP contribution in [0.3, 0.4) is 0 Å². The zero-order valence-electron chi connectivity index (χ0n) is 8.23. The number of nitrogens with one attached hydrogen (secondary N) is 1. The summed E-state index contributed by atoms with van der Waals surface area (Å²) < 4.78 is 0. The highest BCUT2D eigenvalue weighted by Crippen LogP contribution is 2.11. The van der Waals surface area contributed by atoms with Gasteiger partial charge in [0.15, 0.2) is 0 Å². The van der Waals surface area contributed by atoms with Gasteiger partial charge in [0.1, 0.15) is 0 Å². The van der Waals surface area contributed by atoms with Crippen molar-refractivity contribution in [3.8, 4) is 0 Å². The number of aliphatic hydroxyl groups is 1. The van der Waals surface area contributed by atoms with E-state index < -0.39 is 0 Å². The number of carbonyl (C=O) groups is 1. The fourth-order valence-corrected chi connectivity index (χ4v) is 1.48. The van der Waals surface area contributed by atoms with E-state index in [0.717, 1.165) is 16.8 Å². The van der Waals surface area contributed by atoms with Crippen LogP contribution in [-0.4, -0.2) is 16.7 Å². The van der Waals surface area contributed by atoms with Crippen LogP contribution < -0.4 is 5.43 Å². The van der Waals surface area contributed by atoms with Gasteiger partial charge in [0.2, 0.25) is 5.91 Å². The van der Waals surface area contributed by atoms with Crippen LogP contribution in [0.15, 0.2) is 29.4 Å². The summed E-state index contributed by atoms with van der Waals surface area (Å²) in [7, 11) is 0. The van der Waals surface area contributed by atoms with Crippen LogP contribution in [0, 0.1) is 0 Å². The number of aliphatic hydroxyl groups excluding tert-OH is 1. The molecule has 0 unspecified atom stereocenters. The van der Waals surface area contributed by atoms with Crippen molar-refractivity contribution < 1.29 is 9.90 Å². The Labute approximate surface area is 87.6 Å². The third-order valence-electron chi connectivity index (χ3n) is 2.37. The first kappa shape index (κ1) is 9.86. The Morgan fingerprint density at radius 2 is 2.00 bits per heavy atom. The Balaban J connectivity index is 2.19. The summed E-state index contributed by atoms with van der Waals surface area (Å²) in [6.45, 7) is 0.0451. The van der Waals surface area contributed by atoms with Gasteiger partial charge >= 0.3 is 0 Å². The molecule has 78 valence electrons. The predicted molar refractivity (Wildman–Crippen MR) is 56.3 cm³/mol. The van der Waals surface area contributed by atoms with Crippen LogP contribution >= 0.6 is 0 Å². The van der Waals surface area contributed by atoms with E-state index in [1.54, 1.807) is 0 Å². The molecule has 4 heteroatoms. The van der Waals surface area contributed by atoms with Crippen molar-refractivity contribution in [3.05, 3.63) is 35.4 Å². The molecule has 1 aromatic carbocycles. The van der Waals surface area contributed by atoms with Crippen molar-refractivity contribution in [2.75, 3.05) is 0 Å². The smallest absolute Gasteiger partial charge is 0.240 e. The summed E-state index contributed by atoms with van der Waals surface area (Å²) in [6, 6.07) is 7.52. The van der Waals surface area contributed by atoms with Gasteiger partial charge in [0.05, 0.1) is 12.3 Å². The lowest BCUT2D eigenvalue weighted by Crippen LogP contribution is -2.25. The van der Waals surface area contributed by atoms with Crippen molar-refractivity contribution in [3.63, 3.8) is 0 Å². The lowest BCUT2D eigenvalue weighted by atomic mass is 10.0. The maximum atomic E-state index is 10.9. The van der Waals surface area contributed by atoms with Crippen LogP contribution in [0.4, 0.5) is 0 Å². The molecular formula is C11H12N2O2. The predicted octanol–water partition coefficient (Wildman–Crippen LogP) is 0.793. The molecule has 0 aliphatic carbocycles. The first-order valence-electron chi connectivity index (χ1n) is 4.85. The molecule has 2 rings (SSSR count). The van der Waals surface area contributed by atoms with E-state index in [0.29, 0.717) is 12.8 Å². The normalized spacial score (nSPS) is 15.8. The zero-order chi connectivity index (χ0) is 10.7. The van der Waals surface area contributed by atoms with E-state index in [9.17, 15) is 4.79 Å². The average molecular weight is 204 g/mol. The van der Waals surface area contributed by atoms with Crippen LogP contribution in [0.25, 0.3) is 0 Å². The Morgan fingerprint density at radius 1 is 1.27 bits per heavy atom. The van der Waals surface area contributed by atoms with Crippen LogP contribution in [0.5, 0.6) is 0 Å². The van der Waals surface area contributed by atoms with Crippen molar-refractivity contribution >= 4 is 11.6 Å². The lowest BCUT2D eigenvalue weighted by molar-refractivity contribution is -0.121. The van der Waals surface area contributed by atoms with Gasteiger partial charge in [-0.05, 0) is 11.1 Å². The largest absolute Gasteiger partial charge is 0.392 e. The van der Waals surface area contributed by atoms with Gasteiger partial charge in [-0.2, -0.15) is 5.10 Å². The highest BCUT2D eigenvalue weighted by molar-refractivity contribution is 6.04. The van der Waals surface area contributed by atoms with E-state index in [1.165, 1.54) is 0 Å². The monoisotopic (exact) mass is 204 g/mol. The first-order valence-corrected chi connectivity index (χ1v) is 4.85. The quantitative estimate of drug-likeness (QED) is 0.748. The van der Waals surface area contributed by atoms with E-state index >= 15 is 0 Å². The molecule has 1 aliphatic heterocycles. The maximum absolute atomic E-state index is 10.9. The fourth-order valence-electron chi connectivity index (χ4n) is 1.48. The van der Waals surface area contributed by atoms with E-state index in [1.807, 2.05) is 24.3 Å². The minimum atomic E-state index is -0.0364. The Morgan fingerprint density at radius 3 is 2.53 bits per heavy atom. The van der Waals surface area contributed by atoms with Crippen LogP contribution in [0.1, 0.15) is 24.0 Å². The molecule has 0 spiro atoms. The van der Waals surface area contributed by atoms with E-state index in [2.05, 4.69) is 10.5 Å². The van der Waals surface area contributed by atoms with Crippen molar-refractivity contribution in [1.82, 2.24) is 5.43 Å². The van der Waals surface area contributed by atoms with Gasteiger partial charge in [0.25, 0.3) is 0 Å². The average Bonchev–Trinajstić information content (AvgIpc) is 2.30. The third kappa shape index (κ3) is 2.22. The molecule has 1 aliphatic rings. The minimum absolute atomic E-state index is 0.0364. The van der Waals surface area contributed by atoms with Crippen molar-refractivity contribution in [2.24, 2.45) is 5.10 Å². The summed E-state index contributed by atoms with van der Waals surface area (Å²) in [4.78, 5) is 10.9. The Bertz CT molecular complexity index is 396. The van der Waals surface area contributed by atoms with E-state index in [-0.39, 0.29) is 12.5 Å². The number of benzene rings is 1. The second-order valence-electron chi connectivity index (χ2n) is 3.45. The number of amides is 1. The number of rotatable bonds is 2. The molecule has 0 atom stereocenters. The number of hydrazone groups is 1. The Hall–Kier alpha value is -1.68. The standard InChI is InChI=1S/C11H12N2O2/c14-7-8-1-3-9(4-2-8)10-5-6-11(15)13-12-10/h1-4,14H,5-7H2,(H,13,15). The minimum Gasteiger partial charge on any atom is -0.392 e. The zero-order valence-corrected chi connectivity index (χ0v) is 8.23. The lowest BCUT2D eigenvalue weighted by Gasteiger charge is -2.12. The summed E-state index contributed by atoms with van der Waals surface area (Å²) in [5.41, 5.74) is 5.21. The summed E-state index contributed by atoms with van der Waals surface area (Å²) in [5, 5.41) is 12.9. The number of hydrogen-bond donors (Lipinski definition) is 2. The van der Waals surface area contributed by atoms with Gasteiger partial charge in [0, 0.05) is 12.8 Å². The molecule has 4 nitrogen and oxygen atoms in total. The molecule has 2 N–H and O–H groups in total. The summed E-state index contributed by atoms with van der Waals surface area (Å²) in [6.07, 6.45) is 1.16. The molecular weight excluding hydrogens is 192 g/mol. The van der Waals surface area contributed by atoms with Gasteiger partial charge < -0.3 is 5.11 Å². The van der Waals surface area contributed by atoms with Crippen molar-refractivity contribution in [1.29, 1.82) is 0 Å². The van der Waals surface area contributed by atoms with Gasteiger partial charge in [-0.3, -0.25) is 4.79 Å². The fraction of sp³-hybridized carbons (Fsp3) is 0.273. The van der Waals surface area contributed by atoms with Crippen LogP contribution in [-0.2, 0) is 11.4 Å². The molecule has 0 aromatic heterocycles. The highest BCUT2D eigenvalue weighted by Gasteiger charge is 2.12. The molecule has 0 fully saturated rings. The molecule has 1 heterocycles. The Kier molecular flexibility index (Phi) is 2.78. The molecule has 15 heavy (non-hydrogen) atoms. The van der Waals surface area contributed by atoms with Gasteiger partial charge in [-0.25, -0.2) is 5.43 Å². The SMILES string of the molecule is O=C1CCC(c2ccc(CO)cc2)=NN1. The molecule has 0 radical (unpaired) electrons. The first-order chi connectivity index (χ1) is 7.29. The number of hydrogen-bond acceptors (Lipinski definition) is 3. The summed E-state index contributed by atoms with van der Waals surface area (Å²) in [5.74, 6) is -0.0364. The number of nitrogens with zero attached hydrogens (tertiary/aromatic N) is 1. The molecule has 1 amide bonds. The molecule has 0 bridgehead atoms. The van der Waals surface area contributed by atoms with Crippen LogP contribution in [0.2, 0.25) is 0 Å². The second kappa shape index (κ2) is 4.23. The maximum Gasteiger partial charge on any atom is 0.240 e. The van der Waals surface area contributed by atoms with Crippen molar-refractivity contribution in [2.45, 2.75) is 19.4 Å². The third-order valence-corrected chi connectivity index (χ3v) is 2.37. The van der Waals surface area contributed by atoms with Gasteiger partial charge in [-0.1, -0.05) is 24.3 Å². The van der Waals surface area contributed by atoms with E-state index in [4.69, 9.17) is 5.11 Å². The number of carbonyl (C=O) groups excluding carboxylic acids is 1. The molecule has 0 saturated heterocycles. The highest BCUT2D eigenvalue weighted by atomic mass is 16.3. The molecule has 1 aromatic rings.